The summed E-state index contributed by atoms with van der Waals surface area (Å²) in [5.74, 6) is 7.37. The van der Waals surface area contributed by atoms with Gasteiger partial charge in [0, 0.05) is 18.4 Å². The number of rotatable bonds is 10. The van der Waals surface area contributed by atoms with Gasteiger partial charge in [0.15, 0.2) is 25.5 Å². The Hall–Kier alpha value is -4.02. The van der Waals surface area contributed by atoms with Gasteiger partial charge in [-0.3, -0.25) is 0 Å². The van der Waals surface area contributed by atoms with E-state index in [9.17, 15) is 21.2 Å². The third-order valence-corrected chi connectivity index (χ3v) is 12.3. The standard InChI is InChI=1S/C34H29ClFN3O5S3/c1-46(40,41)28-11-13-29(14-12-28)47(42,43)20-24-9-8-23(24)5-3-7-27-18-31-33(45-27)34(38-21-37-31)39-26-10-15-32(30(35)17-26)44-19-22-4-2-6-25(36)16-22/h2,4,6,10-18,21,23-24H,5,8-9,19-20H2,1H3,(H,37,38,39). The molecule has 0 radical (unpaired) electrons. The molecular weight excluding hydrogens is 681 g/mol. The largest absolute Gasteiger partial charge is 0.487 e. The van der Waals surface area contributed by atoms with Crippen molar-refractivity contribution >= 4 is 64.3 Å². The number of nitrogens with zero attached hydrogens (tertiary/aromatic N) is 2. The van der Waals surface area contributed by atoms with Gasteiger partial charge in [0.25, 0.3) is 0 Å². The summed E-state index contributed by atoms with van der Waals surface area (Å²) in [5, 5.41) is 3.68. The monoisotopic (exact) mass is 709 g/mol. The maximum atomic E-state index is 13.5. The van der Waals surface area contributed by atoms with E-state index in [0.717, 1.165) is 34.2 Å². The van der Waals surface area contributed by atoms with Crippen molar-refractivity contribution in [2.45, 2.75) is 35.7 Å². The lowest BCUT2D eigenvalue weighted by Crippen LogP contribution is -2.32. The molecule has 1 fully saturated rings. The van der Waals surface area contributed by atoms with Crippen LogP contribution in [0.5, 0.6) is 5.75 Å². The molecule has 1 saturated carbocycles. The summed E-state index contributed by atoms with van der Waals surface area (Å²) >= 11 is 7.93. The minimum Gasteiger partial charge on any atom is -0.487 e. The number of ether oxygens (including phenoxy) is 1. The molecule has 0 amide bonds. The summed E-state index contributed by atoms with van der Waals surface area (Å²) < 4.78 is 69.5. The quantitative estimate of drug-likeness (QED) is 0.149. The minimum atomic E-state index is -3.55. The van der Waals surface area contributed by atoms with E-state index in [1.165, 1.54) is 54.1 Å². The van der Waals surface area contributed by atoms with Crippen LogP contribution in [0.1, 0.15) is 29.7 Å². The molecule has 2 aromatic heterocycles. The van der Waals surface area contributed by atoms with Crippen molar-refractivity contribution in [3.8, 4) is 17.6 Å². The van der Waals surface area contributed by atoms with Crippen molar-refractivity contribution in [1.29, 1.82) is 0 Å². The van der Waals surface area contributed by atoms with E-state index in [0.29, 0.717) is 34.3 Å². The molecule has 2 heterocycles. The Bertz CT molecular complexity index is 2230. The molecule has 6 rings (SSSR count). The van der Waals surface area contributed by atoms with Crippen molar-refractivity contribution in [1.82, 2.24) is 9.97 Å². The van der Waals surface area contributed by atoms with Gasteiger partial charge in [-0.2, -0.15) is 0 Å². The van der Waals surface area contributed by atoms with E-state index in [1.54, 1.807) is 24.3 Å². The lowest BCUT2D eigenvalue weighted by atomic mass is 9.73. The first-order valence-electron chi connectivity index (χ1n) is 14.6. The Morgan fingerprint density at radius 1 is 0.979 bits per heavy atom. The molecule has 47 heavy (non-hydrogen) atoms. The Morgan fingerprint density at radius 2 is 1.74 bits per heavy atom. The molecule has 242 valence electrons. The fourth-order valence-corrected chi connectivity index (χ4v) is 8.83. The van der Waals surface area contributed by atoms with Gasteiger partial charge in [-0.15, -0.1) is 11.3 Å². The molecule has 2 atom stereocenters. The van der Waals surface area contributed by atoms with Gasteiger partial charge in [-0.05, 0) is 90.9 Å². The third-order valence-electron chi connectivity index (χ3n) is 7.98. The van der Waals surface area contributed by atoms with E-state index in [-0.39, 0.29) is 39.8 Å². The smallest absolute Gasteiger partial charge is 0.178 e. The summed E-state index contributed by atoms with van der Waals surface area (Å²) in [4.78, 5) is 9.83. The molecule has 0 aliphatic heterocycles. The van der Waals surface area contributed by atoms with Crippen molar-refractivity contribution in [2.24, 2.45) is 11.8 Å². The average molecular weight is 710 g/mol. The van der Waals surface area contributed by atoms with E-state index >= 15 is 0 Å². The van der Waals surface area contributed by atoms with Crippen LogP contribution in [0.25, 0.3) is 10.2 Å². The van der Waals surface area contributed by atoms with Crippen molar-refractivity contribution in [2.75, 3.05) is 17.3 Å². The second kappa shape index (κ2) is 13.6. The number of sulfone groups is 2. The van der Waals surface area contributed by atoms with Crippen molar-refractivity contribution in [3.05, 3.63) is 100 Å². The molecule has 2 unspecified atom stereocenters. The van der Waals surface area contributed by atoms with Crippen LogP contribution in [0.4, 0.5) is 15.9 Å². The molecule has 3 aromatic carbocycles. The molecule has 1 aliphatic carbocycles. The summed E-state index contributed by atoms with van der Waals surface area (Å²) in [6, 6.07) is 18.8. The first kappa shape index (κ1) is 32.9. The summed E-state index contributed by atoms with van der Waals surface area (Å²) in [6.07, 6.45) is 4.85. The fourth-order valence-electron chi connectivity index (χ4n) is 5.29. The molecule has 0 saturated heterocycles. The van der Waals surface area contributed by atoms with E-state index in [2.05, 4.69) is 27.1 Å². The van der Waals surface area contributed by atoms with Crippen LogP contribution < -0.4 is 10.1 Å². The van der Waals surface area contributed by atoms with Gasteiger partial charge in [0.05, 0.1) is 35.7 Å². The summed E-state index contributed by atoms with van der Waals surface area (Å²) in [7, 11) is -6.95. The second-order valence-corrected chi connectivity index (χ2v) is 16.9. The van der Waals surface area contributed by atoms with E-state index in [4.69, 9.17) is 16.3 Å². The zero-order valence-electron chi connectivity index (χ0n) is 25.1. The Morgan fingerprint density at radius 3 is 2.45 bits per heavy atom. The van der Waals surface area contributed by atoms with Crippen LogP contribution in [0.15, 0.2) is 88.9 Å². The van der Waals surface area contributed by atoms with Gasteiger partial charge in [-0.1, -0.05) is 35.6 Å². The van der Waals surface area contributed by atoms with Crippen LogP contribution in [-0.4, -0.2) is 38.8 Å². The van der Waals surface area contributed by atoms with Gasteiger partial charge in [-0.25, -0.2) is 31.2 Å². The second-order valence-electron chi connectivity index (χ2n) is 11.4. The first-order valence-corrected chi connectivity index (χ1v) is 19.4. The maximum absolute atomic E-state index is 13.5. The van der Waals surface area contributed by atoms with Gasteiger partial charge in [0.2, 0.25) is 0 Å². The zero-order chi connectivity index (χ0) is 33.2. The SMILES string of the molecule is CS(=O)(=O)c1ccc(S(=O)(=O)CC2CCC2CC#Cc2cc3ncnc(Nc4ccc(OCc5cccc(F)c5)c(Cl)c4)c3s2)cc1. The summed E-state index contributed by atoms with van der Waals surface area (Å²) in [6.45, 7) is 0.180. The first-order chi connectivity index (χ1) is 22.4. The molecule has 13 heteroatoms. The number of benzene rings is 3. The third kappa shape index (κ3) is 7.93. The highest BCUT2D eigenvalue weighted by Gasteiger charge is 2.34. The number of anilines is 2. The maximum Gasteiger partial charge on any atom is 0.178 e. The number of hydrogen-bond donors (Lipinski definition) is 1. The highest BCUT2D eigenvalue weighted by atomic mass is 35.5. The van der Waals surface area contributed by atoms with Crippen LogP contribution in [0, 0.1) is 29.5 Å². The van der Waals surface area contributed by atoms with Crippen LogP contribution >= 0.6 is 22.9 Å². The highest BCUT2D eigenvalue weighted by molar-refractivity contribution is 7.91. The van der Waals surface area contributed by atoms with Gasteiger partial charge >= 0.3 is 0 Å². The zero-order valence-corrected chi connectivity index (χ0v) is 28.3. The molecule has 0 bridgehead atoms. The molecular formula is C34H29ClFN3O5S3. The van der Waals surface area contributed by atoms with Crippen molar-refractivity contribution in [3.63, 3.8) is 0 Å². The molecule has 1 aliphatic rings. The van der Waals surface area contributed by atoms with Crippen LogP contribution in [-0.2, 0) is 26.3 Å². The van der Waals surface area contributed by atoms with Gasteiger partial charge < -0.3 is 10.1 Å². The number of hydrogen-bond acceptors (Lipinski definition) is 9. The molecule has 1 N–H and O–H groups in total. The summed E-state index contributed by atoms with van der Waals surface area (Å²) in [5.41, 5.74) is 2.14. The van der Waals surface area contributed by atoms with E-state index < -0.39 is 19.7 Å². The van der Waals surface area contributed by atoms with Crippen LogP contribution in [0.3, 0.4) is 0 Å². The number of thiophene rings is 1. The number of halogens is 2. The average Bonchev–Trinajstić information content (AvgIpc) is 3.45. The molecule has 5 aromatic rings. The lowest BCUT2D eigenvalue weighted by molar-refractivity contribution is 0.204. The Labute approximate surface area is 281 Å². The Kier molecular flexibility index (Phi) is 9.53. The highest BCUT2D eigenvalue weighted by Crippen LogP contribution is 2.39. The number of aromatic nitrogens is 2. The molecule has 0 spiro atoms. The van der Waals surface area contributed by atoms with Crippen molar-refractivity contribution < 1.29 is 26.0 Å². The molecule has 8 nitrogen and oxygen atoms in total. The van der Waals surface area contributed by atoms with Crippen LogP contribution in [0.2, 0.25) is 5.02 Å². The van der Waals surface area contributed by atoms with E-state index in [1.807, 2.05) is 12.1 Å². The van der Waals surface area contributed by atoms with Gasteiger partial charge in [0.1, 0.15) is 24.5 Å². The normalized spacial score (nSPS) is 16.2. The topological polar surface area (TPSA) is 115 Å². The fraction of sp³-hybridized carbons (Fsp3) is 0.235. The minimum absolute atomic E-state index is 0.00194. The number of fused-ring (bicyclic) bond motifs is 1. The predicted molar refractivity (Wildman–Crippen MR) is 182 cm³/mol. The predicted octanol–water partition coefficient (Wildman–Crippen LogP) is 7.45. The Balaban J connectivity index is 1.08. The number of nitrogens with one attached hydrogen (secondary N) is 1. The lowest BCUT2D eigenvalue weighted by Gasteiger charge is -2.35.